The molecule has 2 aromatic carbocycles. The predicted molar refractivity (Wildman–Crippen MR) is 193 cm³/mol. The highest BCUT2D eigenvalue weighted by Crippen LogP contribution is 2.43. The van der Waals surface area contributed by atoms with Crippen LogP contribution >= 0.6 is 11.6 Å². The number of aromatic nitrogens is 2. The van der Waals surface area contributed by atoms with Crippen LogP contribution < -0.4 is 10.2 Å². The normalized spacial score (nSPS) is 22.1. The van der Waals surface area contributed by atoms with Gasteiger partial charge in [-0.15, -0.1) is 0 Å². The molecule has 4 heterocycles. The Kier molecular flexibility index (Phi) is 10.4. The molecule has 12 nitrogen and oxygen atoms in total. The summed E-state index contributed by atoms with van der Waals surface area (Å²) < 4.78 is 0. The smallest absolute Gasteiger partial charge is 0.262 e. The largest absolute Gasteiger partial charge is 0.387 e. The highest BCUT2D eigenvalue weighted by atomic mass is 35.5. The van der Waals surface area contributed by atoms with Crippen LogP contribution in [0.25, 0.3) is 0 Å². The van der Waals surface area contributed by atoms with Gasteiger partial charge >= 0.3 is 0 Å². The number of benzene rings is 2. The first kappa shape index (κ1) is 35.7. The molecule has 1 unspecified atom stereocenters. The van der Waals surface area contributed by atoms with Crippen molar-refractivity contribution in [3.8, 4) is 0 Å². The molecule has 5 amide bonds. The Morgan fingerprint density at radius 1 is 0.962 bits per heavy atom. The summed E-state index contributed by atoms with van der Waals surface area (Å²) in [5.74, 6) is -1.17. The molecule has 3 aliphatic heterocycles. The molecular formula is C39H43ClN6O6. The number of anilines is 1. The van der Waals surface area contributed by atoms with E-state index in [1.165, 1.54) is 6.33 Å². The van der Waals surface area contributed by atoms with Crippen molar-refractivity contribution in [2.24, 2.45) is 0 Å². The Bertz CT molecular complexity index is 1890. The molecule has 0 bridgehead atoms. The monoisotopic (exact) mass is 726 g/mol. The molecular weight excluding hydrogens is 684 g/mol. The number of unbranched alkanes of at least 4 members (excludes halogenated alkanes) is 3. The summed E-state index contributed by atoms with van der Waals surface area (Å²) in [5.41, 5.74) is 4.09. The highest BCUT2D eigenvalue weighted by Gasteiger charge is 2.45. The number of aryl methyl sites for hydroxylation is 1. The van der Waals surface area contributed by atoms with Gasteiger partial charge in [-0.3, -0.25) is 34.2 Å². The molecule has 0 radical (unpaired) electrons. The minimum atomic E-state index is -0.990. The number of carbonyl (C=O) groups excluding carboxylic acids is 5. The number of nitrogens with one attached hydrogen (secondary N) is 1. The van der Waals surface area contributed by atoms with Gasteiger partial charge in [0.1, 0.15) is 18.2 Å². The summed E-state index contributed by atoms with van der Waals surface area (Å²) in [6.45, 7) is 4.53. The van der Waals surface area contributed by atoms with E-state index < -0.39 is 35.8 Å². The van der Waals surface area contributed by atoms with Gasteiger partial charge in [0.25, 0.3) is 11.8 Å². The zero-order valence-electron chi connectivity index (χ0n) is 29.2. The molecule has 13 heteroatoms. The Morgan fingerprint density at radius 2 is 1.71 bits per heavy atom. The number of imide groups is 2. The zero-order valence-corrected chi connectivity index (χ0v) is 30.0. The number of aliphatic hydroxyl groups is 1. The number of nitrogens with zero attached hydrogens (tertiary/aromatic N) is 5. The van der Waals surface area contributed by atoms with Crippen molar-refractivity contribution >= 4 is 47.0 Å². The molecule has 2 saturated heterocycles. The minimum Gasteiger partial charge on any atom is -0.387 e. The maximum Gasteiger partial charge on any atom is 0.262 e. The summed E-state index contributed by atoms with van der Waals surface area (Å²) in [6.07, 6.45) is 6.47. The van der Waals surface area contributed by atoms with Gasteiger partial charge in [-0.25, -0.2) is 9.97 Å². The van der Waals surface area contributed by atoms with E-state index in [4.69, 9.17) is 11.6 Å². The van der Waals surface area contributed by atoms with Gasteiger partial charge in [0.2, 0.25) is 17.7 Å². The molecule has 0 saturated carbocycles. The molecule has 52 heavy (non-hydrogen) atoms. The number of fused-ring (bicyclic) bond motifs is 2. The van der Waals surface area contributed by atoms with Crippen LogP contribution in [0.2, 0.25) is 5.02 Å². The average Bonchev–Trinajstić information content (AvgIpc) is 3.58. The lowest BCUT2D eigenvalue weighted by molar-refractivity contribution is -0.136. The van der Waals surface area contributed by atoms with Gasteiger partial charge in [-0.2, -0.15) is 0 Å². The van der Waals surface area contributed by atoms with Crippen LogP contribution in [0.5, 0.6) is 0 Å². The summed E-state index contributed by atoms with van der Waals surface area (Å²) in [5, 5.41) is 13.3. The van der Waals surface area contributed by atoms with E-state index >= 15 is 0 Å². The maximum absolute atomic E-state index is 14.1. The van der Waals surface area contributed by atoms with E-state index in [-0.39, 0.29) is 30.6 Å². The quantitative estimate of drug-likeness (QED) is 0.212. The Balaban J connectivity index is 0.942. The van der Waals surface area contributed by atoms with Gasteiger partial charge in [-0.05, 0) is 67.3 Å². The third-order valence-electron chi connectivity index (χ3n) is 11.0. The lowest BCUT2D eigenvalue weighted by atomic mass is 9.91. The molecule has 4 atom stereocenters. The molecule has 1 aromatic heterocycles. The minimum absolute atomic E-state index is 0.0785. The molecule has 7 rings (SSSR count). The number of carbonyl (C=O) groups is 5. The number of halogens is 1. The summed E-state index contributed by atoms with van der Waals surface area (Å²) >= 11 is 6.20. The molecule has 2 N–H and O–H groups in total. The van der Waals surface area contributed by atoms with Gasteiger partial charge in [0.05, 0.1) is 28.8 Å². The molecule has 3 aromatic rings. The number of piperazine rings is 1. The predicted octanol–water partition coefficient (Wildman–Crippen LogP) is 4.70. The fourth-order valence-corrected chi connectivity index (χ4v) is 8.38. The van der Waals surface area contributed by atoms with Crippen molar-refractivity contribution in [2.45, 2.75) is 88.7 Å². The van der Waals surface area contributed by atoms with Crippen LogP contribution in [0.3, 0.4) is 0 Å². The first-order valence-corrected chi connectivity index (χ1v) is 18.7. The van der Waals surface area contributed by atoms with E-state index in [1.54, 1.807) is 12.1 Å². The van der Waals surface area contributed by atoms with Crippen molar-refractivity contribution in [2.75, 3.05) is 31.1 Å². The lowest BCUT2D eigenvalue weighted by Crippen LogP contribution is -2.54. The number of amides is 5. The van der Waals surface area contributed by atoms with Crippen molar-refractivity contribution in [3.05, 3.63) is 87.3 Å². The standard InChI is InChI=1S/C39H43ClN6O6/c1-23-21-30(47)34-32(23)35(42-22-41-34)44-17-19-45(20-18-44)37(50)27(24-11-13-26(40)14-12-24)9-5-3-2-4-7-25-8-6-10-28-33(25)39(52)46(38(28)51)29-15-16-31(48)43-36(29)49/h6,8,10-14,22-23,27,29-30,47H,2-5,7,9,15-21H2,1H3,(H,43,48,49)/t23-,27-,29?,30-/m1/s1. The fraction of sp³-hybridized carbons (Fsp3) is 0.462. The van der Waals surface area contributed by atoms with Gasteiger partial charge < -0.3 is 14.9 Å². The molecule has 0 spiro atoms. The Labute approximate surface area is 307 Å². The van der Waals surface area contributed by atoms with Crippen molar-refractivity contribution in [3.63, 3.8) is 0 Å². The van der Waals surface area contributed by atoms with Gasteiger partial charge in [-0.1, -0.05) is 62.1 Å². The molecule has 1 aliphatic carbocycles. The maximum atomic E-state index is 14.1. The number of aliphatic hydroxyl groups excluding tert-OH is 1. The Hall–Kier alpha value is -4.68. The third kappa shape index (κ3) is 6.93. The number of piperidine rings is 1. The Morgan fingerprint density at radius 3 is 2.46 bits per heavy atom. The summed E-state index contributed by atoms with van der Waals surface area (Å²) in [6, 6.07) is 11.8. The highest BCUT2D eigenvalue weighted by molar-refractivity contribution is 6.30. The zero-order chi connectivity index (χ0) is 36.5. The summed E-state index contributed by atoms with van der Waals surface area (Å²) in [7, 11) is 0. The molecule has 4 aliphatic rings. The van der Waals surface area contributed by atoms with Crippen LogP contribution in [0, 0.1) is 0 Å². The van der Waals surface area contributed by atoms with Crippen molar-refractivity contribution in [1.82, 2.24) is 25.1 Å². The van der Waals surface area contributed by atoms with Crippen molar-refractivity contribution < 1.29 is 29.1 Å². The van der Waals surface area contributed by atoms with Crippen LogP contribution in [-0.2, 0) is 20.8 Å². The van der Waals surface area contributed by atoms with Crippen LogP contribution in [-0.4, -0.2) is 86.6 Å². The lowest BCUT2D eigenvalue weighted by Gasteiger charge is -2.38. The second-order valence-electron chi connectivity index (χ2n) is 14.3. The van der Waals surface area contributed by atoms with Gasteiger partial charge in [0, 0.05) is 43.2 Å². The number of hydrogen-bond donors (Lipinski definition) is 2. The molecule has 2 fully saturated rings. The number of hydrogen-bond acceptors (Lipinski definition) is 9. The molecule has 272 valence electrons. The first-order valence-electron chi connectivity index (χ1n) is 18.3. The van der Waals surface area contributed by atoms with E-state index in [0.717, 1.165) is 53.1 Å². The van der Waals surface area contributed by atoms with Crippen LogP contribution in [0.1, 0.15) is 119 Å². The van der Waals surface area contributed by atoms with E-state index in [2.05, 4.69) is 27.1 Å². The number of rotatable bonds is 11. The van der Waals surface area contributed by atoms with Crippen LogP contribution in [0.15, 0.2) is 48.8 Å². The second kappa shape index (κ2) is 15.1. The van der Waals surface area contributed by atoms with Gasteiger partial charge in [0.15, 0.2) is 0 Å². The third-order valence-corrected chi connectivity index (χ3v) is 11.2. The van der Waals surface area contributed by atoms with Crippen LogP contribution in [0.4, 0.5) is 5.82 Å². The van der Waals surface area contributed by atoms with E-state index in [0.29, 0.717) is 67.3 Å². The van der Waals surface area contributed by atoms with Crippen molar-refractivity contribution in [1.29, 1.82) is 0 Å². The average molecular weight is 727 g/mol. The SMILES string of the molecule is C[C@@H]1C[C@@H](O)c2ncnc(N3CCN(C(=O)[C@H](CCCCCCc4cccc5c4C(=O)N(C4CCC(=O)NC4=O)C5=O)c4ccc(Cl)cc4)CC3)c21. The topological polar surface area (TPSA) is 153 Å². The van der Waals surface area contributed by atoms with E-state index in [1.807, 2.05) is 35.2 Å². The summed E-state index contributed by atoms with van der Waals surface area (Å²) in [4.78, 5) is 78.9. The fourth-order valence-electron chi connectivity index (χ4n) is 8.25. The second-order valence-corrected chi connectivity index (χ2v) is 14.7. The van der Waals surface area contributed by atoms with E-state index in [9.17, 15) is 29.1 Å². The first-order chi connectivity index (χ1) is 25.1.